The predicted octanol–water partition coefficient (Wildman–Crippen LogP) is 3.10. The zero-order valence-corrected chi connectivity index (χ0v) is 14.8. The van der Waals surface area contributed by atoms with Gasteiger partial charge in [0.2, 0.25) is 5.91 Å². The summed E-state index contributed by atoms with van der Waals surface area (Å²) in [7, 11) is 1.62. The first-order valence-corrected chi connectivity index (χ1v) is 8.88. The fourth-order valence-electron chi connectivity index (χ4n) is 3.15. The van der Waals surface area contributed by atoms with Crippen molar-refractivity contribution in [3.63, 3.8) is 0 Å². The van der Waals surface area contributed by atoms with Crippen molar-refractivity contribution < 1.29 is 24.2 Å². The Morgan fingerprint density at radius 2 is 1.88 bits per heavy atom. The molecule has 1 saturated heterocycles. The van der Waals surface area contributed by atoms with Crippen LogP contribution in [-0.2, 0) is 9.59 Å². The van der Waals surface area contributed by atoms with Crippen molar-refractivity contribution in [2.45, 2.75) is 51.0 Å². The van der Waals surface area contributed by atoms with Gasteiger partial charge in [-0.1, -0.05) is 0 Å². The number of likely N-dealkylation sites (tertiary alicyclic amines) is 1. The van der Waals surface area contributed by atoms with Gasteiger partial charge in [0.1, 0.15) is 11.5 Å². The maximum absolute atomic E-state index is 12.5. The molecule has 25 heavy (non-hydrogen) atoms. The van der Waals surface area contributed by atoms with E-state index >= 15 is 0 Å². The van der Waals surface area contributed by atoms with Gasteiger partial charge in [-0.25, -0.2) is 0 Å². The summed E-state index contributed by atoms with van der Waals surface area (Å²) in [5.41, 5.74) is 0. The molecule has 1 N–H and O–H groups in total. The van der Waals surface area contributed by atoms with Gasteiger partial charge in [-0.05, 0) is 56.4 Å². The van der Waals surface area contributed by atoms with E-state index in [0.29, 0.717) is 25.9 Å². The first-order valence-electron chi connectivity index (χ1n) is 8.88. The minimum atomic E-state index is -0.800. The summed E-state index contributed by atoms with van der Waals surface area (Å²) in [4.78, 5) is 25.1. The molecule has 1 amide bonds. The maximum Gasteiger partial charge on any atom is 0.303 e. The van der Waals surface area contributed by atoms with Crippen molar-refractivity contribution in [1.82, 2.24) is 4.90 Å². The van der Waals surface area contributed by atoms with Crippen molar-refractivity contribution >= 4 is 11.9 Å². The van der Waals surface area contributed by atoms with Gasteiger partial charge in [0, 0.05) is 25.4 Å². The molecule has 0 aliphatic carbocycles. The van der Waals surface area contributed by atoms with Crippen LogP contribution in [0.2, 0.25) is 0 Å². The first kappa shape index (κ1) is 19.1. The highest BCUT2D eigenvalue weighted by Crippen LogP contribution is 2.22. The minimum Gasteiger partial charge on any atom is -0.497 e. The van der Waals surface area contributed by atoms with Crippen LogP contribution in [0.3, 0.4) is 0 Å². The van der Waals surface area contributed by atoms with E-state index in [1.54, 1.807) is 7.11 Å². The second kappa shape index (κ2) is 9.91. The summed E-state index contributed by atoms with van der Waals surface area (Å²) >= 11 is 0. The lowest BCUT2D eigenvalue weighted by molar-refractivity contribution is -0.140. The van der Waals surface area contributed by atoms with Crippen molar-refractivity contribution in [3.05, 3.63) is 24.3 Å². The van der Waals surface area contributed by atoms with E-state index < -0.39 is 5.97 Å². The number of hydrogen-bond acceptors (Lipinski definition) is 4. The van der Waals surface area contributed by atoms with E-state index in [0.717, 1.165) is 37.3 Å². The Morgan fingerprint density at radius 1 is 1.16 bits per heavy atom. The van der Waals surface area contributed by atoms with Crippen molar-refractivity contribution in [1.29, 1.82) is 0 Å². The van der Waals surface area contributed by atoms with Gasteiger partial charge in [-0.3, -0.25) is 9.59 Å². The molecule has 0 bridgehead atoms. The Bertz CT molecular complexity index is 557. The first-order chi connectivity index (χ1) is 12.1. The van der Waals surface area contributed by atoms with E-state index in [2.05, 4.69) is 0 Å². The van der Waals surface area contributed by atoms with Crippen molar-refractivity contribution in [2.24, 2.45) is 0 Å². The molecule has 0 saturated carbocycles. The summed E-state index contributed by atoms with van der Waals surface area (Å²) in [6.45, 7) is 1.22. The number of piperidine rings is 1. The van der Waals surface area contributed by atoms with Gasteiger partial charge < -0.3 is 19.5 Å². The number of carboxylic acid groups (broad SMARTS) is 1. The highest BCUT2D eigenvalue weighted by Gasteiger charge is 2.26. The van der Waals surface area contributed by atoms with Crippen molar-refractivity contribution in [3.8, 4) is 11.5 Å². The molecule has 1 unspecified atom stereocenters. The molecular weight excluding hydrogens is 322 g/mol. The molecule has 1 aliphatic heterocycles. The van der Waals surface area contributed by atoms with Gasteiger partial charge >= 0.3 is 5.97 Å². The SMILES string of the molecule is COc1ccc(OCCCC(=O)N2CCCCC2CCC(=O)O)cc1. The van der Waals surface area contributed by atoms with Crippen molar-refractivity contribution in [2.75, 3.05) is 20.3 Å². The van der Waals surface area contributed by atoms with Crippen LogP contribution >= 0.6 is 0 Å². The number of nitrogens with zero attached hydrogens (tertiary/aromatic N) is 1. The fourth-order valence-corrected chi connectivity index (χ4v) is 3.15. The maximum atomic E-state index is 12.5. The number of carboxylic acids is 1. The van der Waals surface area contributed by atoms with Crippen LogP contribution in [0.4, 0.5) is 0 Å². The number of methoxy groups -OCH3 is 1. The van der Waals surface area contributed by atoms with Gasteiger partial charge in [0.15, 0.2) is 0 Å². The quantitative estimate of drug-likeness (QED) is 0.693. The Labute approximate surface area is 148 Å². The summed E-state index contributed by atoms with van der Waals surface area (Å²) in [5.74, 6) is 0.838. The molecule has 0 spiro atoms. The van der Waals surface area contributed by atoms with Crippen LogP contribution in [-0.4, -0.2) is 48.2 Å². The molecule has 1 fully saturated rings. The van der Waals surface area contributed by atoms with Crippen LogP contribution in [0.1, 0.15) is 44.9 Å². The fraction of sp³-hybridized carbons (Fsp3) is 0.579. The molecule has 1 aliphatic rings. The molecular formula is C19H27NO5. The lowest BCUT2D eigenvalue weighted by atomic mass is 9.97. The third-order valence-electron chi connectivity index (χ3n) is 4.50. The van der Waals surface area contributed by atoms with E-state index in [1.165, 1.54) is 0 Å². The third-order valence-corrected chi connectivity index (χ3v) is 4.50. The number of benzene rings is 1. The topological polar surface area (TPSA) is 76.1 Å². The summed E-state index contributed by atoms with van der Waals surface area (Å²) in [5, 5.41) is 8.86. The molecule has 6 heteroatoms. The second-order valence-corrected chi connectivity index (χ2v) is 6.30. The highest BCUT2D eigenvalue weighted by atomic mass is 16.5. The molecule has 138 valence electrons. The van der Waals surface area contributed by atoms with Crippen LogP contribution in [0.5, 0.6) is 11.5 Å². The summed E-state index contributed by atoms with van der Waals surface area (Å²) < 4.78 is 10.7. The lowest BCUT2D eigenvalue weighted by Crippen LogP contribution is -2.44. The Kier molecular flexibility index (Phi) is 7.57. The monoisotopic (exact) mass is 349 g/mol. The molecule has 6 nitrogen and oxygen atoms in total. The number of amides is 1. The third kappa shape index (κ3) is 6.29. The van der Waals surface area contributed by atoms with E-state index in [1.807, 2.05) is 29.2 Å². The van der Waals surface area contributed by atoms with Gasteiger partial charge in [0.05, 0.1) is 13.7 Å². The van der Waals surface area contributed by atoms with E-state index in [-0.39, 0.29) is 18.4 Å². The normalized spacial score (nSPS) is 17.2. The predicted molar refractivity (Wildman–Crippen MR) is 93.9 cm³/mol. The average Bonchev–Trinajstić information content (AvgIpc) is 2.64. The molecule has 0 radical (unpaired) electrons. The zero-order valence-electron chi connectivity index (χ0n) is 14.8. The Morgan fingerprint density at radius 3 is 2.56 bits per heavy atom. The Hall–Kier alpha value is -2.24. The number of hydrogen-bond donors (Lipinski definition) is 1. The standard InChI is InChI=1S/C19H27NO5/c1-24-16-8-10-17(11-9-16)25-14-4-6-18(21)20-13-3-2-5-15(20)7-12-19(22)23/h8-11,15H,2-7,12-14H2,1H3,(H,22,23). The van der Waals surface area contributed by atoms with Crippen LogP contribution in [0, 0.1) is 0 Å². The second-order valence-electron chi connectivity index (χ2n) is 6.30. The molecule has 1 aromatic rings. The lowest BCUT2D eigenvalue weighted by Gasteiger charge is -2.35. The molecule has 1 heterocycles. The largest absolute Gasteiger partial charge is 0.497 e. The number of ether oxygens (including phenoxy) is 2. The number of aliphatic carboxylic acids is 1. The van der Waals surface area contributed by atoms with Crippen LogP contribution in [0.15, 0.2) is 24.3 Å². The molecule has 1 aromatic carbocycles. The smallest absolute Gasteiger partial charge is 0.303 e. The zero-order chi connectivity index (χ0) is 18.1. The number of carbonyl (C=O) groups is 2. The number of rotatable bonds is 9. The summed E-state index contributed by atoms with van der Waals surface area (Å²) in [6, 6.07) is 7.42. The van der Waals surface area contributed by atoms with Crippen LogP contribution in [0.25, 0.3) is 0 Å². The van der Waals surface area contributed by atoms with E-state index in [4.69, 9.17) is 14.6 Å². The summed E-state index contributed by atoms with van der Waals surface area (Å²) in [6.07, 6.45) is 4.71. The van der Waals surface area contributed by atoms with Crippen LogP contribution < -0.4 is 9.47 Å². The molecule has 0 aromatic heterocycles. The minimum absolute atomic E-state index is 0.0693. The van der Waals surface area contributed by atoms with Gasteiger partial charge in [0.25, 0.3) is 0 Å². The molecule has 1 atom stereocenters. The molecule has 2 rings (SSSR count). The number of carbonyl (C=O) groups excluding carboxylic acids is 1. The average molecular weight is 349 g/mol. The van der Waals surface area contributed by atoms with E-state index in [9.17, 15) is 9.59 Å². The Balaban J connectivity index is 1.72. The van der Waals surface area contributed by atoms with Gasteiger partial charge in [-0.15, -0.1) is 0 Å². The highest BCUT2D eigenvalue weighted by molar-refractivity contribution is 5.76. The van der Waals surface area contributed by atoms with Gasteiger partial charge in [-0.2, -0.15) is 0 Å².